The number of ether oxygens (including phenoxy) is 4. The summed E-state index contributed by atoms with van der Waals surface area (Å²) in [4.78, 5) is 10.7. The number of esters is 1. The molecule has 23 heavy (non-hydrogen) atoms. The number of hydrogen-bond acceptors (Lipinski definition) is 5. The van der Waals surface area contributed by atoms with Crippen molar-refractivity contribution >= 4 is 5.97 Å². The van der Waals surface area contributed by atoms with E-state index >= 15 is 0 Å². The van der Waals surface area contributed by atoms with Gasteiger partial charge in [0.05, 0.1) is 25.9 Å². The monoisotopic (exact) mass is 340 g/mol. The van der Waals surface area contributed by atoms with Crippen molar-refractivity contribution in [3.05, 3.63) is 0 Å². The molecular formula is C15H23F3O5. The lowest BCUT2D eigenvalue weighted by atomic mass is 9.86. The highest BCUT2D eigenvalue weighted by molar-refractivity contribution is 5.75. The van der Waals surface area contributed by atoms with Gasteiger partial charge >= 0.3 is 18.6 Å². The third-order valence-electron chi connectivity index (χ3n) is 4.31. The summed E-state index contributed by atoms with van der Waals surface area (Å²) >= 11 is 0. The zero-order chi connectivity index (χ0) is 16.9. The molecule has 1 aliphatic heterocycles. The lowest BCUT2D eigenvalue weighted by Gasteiger charge is -2.31. The minimum atomic E-state index is -5.05. The van der Waals surface area contributed by atoms with Gasteiger partial charge in [-0.3, -0.25) is 0 Å². The number of halogens is 3. The molecule has 0 amide bonds. The Morgan fingerprint density at radius 1 is 1.09 bits per heavy atom. The van der Waals surface area contributed by atoms with E-state index in [0.717, 1.165) is 18.8 Å². The zero-order valence-corrected chi connectivity index (χ0v) is 13.1. The molecule has 0 aromatic rings. The lowest BCUT2D eigenvalue weighted by molar-refractivity contribution is -0.323. The molecule has 134 valence electrons. The van der Waals surface area contributed by atoms with E-state index in [1.807, 2.05) is 0 Å². The minimum absolute atomic E-state index is 0.0697. The Morgan fingerprint density at radius 2 is 1.70 bits per heavy atom. The third kappa shape index (κ3) is 5.93. The van der Waals surface area contributed by atoms with Gasteiger partial charge in [0.15, 0.2) is 0 Å². The fourth-order valence-corrected chi connectivity index (χ4v) is 2.82. The van der Waals surface area contributed by atoms with Gasteiger partial charge in [0.25, 0.3) is 0 Å². The molecule has 1 heterocycles. The number of carbonyl (C=O) groups is 1. The summed E-state index contributed by atoms with van der Waals surface area (Å²) in [7, 11) is 0. The van der Waals surface area contributed by atoms with Gasteiger partial charge in [0.2, 0.25) is 0 Å². The van der Waals surface area contributed by atoms with E-state index in [-0.39, 0.29) is 25.2 Å². The van der Waals surface area contributed by atoms with Crippen LogP contribution < -0.4 is 0 Å². The highest BCUT2D eigenvalue weighted by Crippen LogP contribution is 2.28. The van der Waals surface area contributed by atoms with Crippen LogP contribution in [0.1, 0.15) is 39.0 Å². The topological polar surface area (TPSA) is 54.0 Å². The molecule has 0 aromatic carbocycles. The first kappa shape index (κ1) is 18.5. The third-order valence-corrected chi connectivity index (χ3v) is 4.31. The molecule has 2 aliphatic rings. The summed E-state index contributed by atoms with van der Waals surface area (Å²) in [5.41, 5.74) is 0. The summed E-state index contributed by atoms with van der Waals surface area (Å²) in [6.45, 7) is 1.31. The Balaban J connectivity index is 1.61. The first-order chi connectivity index (χ1) is 10.9. The smallest absolute Gasteiger partial charge is 0.404 e. The van der Waals surface area contributed by atoms with Crippen molar-refractivity contribution in [3.8, 4) is 0 Å². The van der Waals surface area contributed by atoms with Crippen molar-refractivity contribution in [3.63, 3.8) is 0 Å². The second kappa shape index (κ2) is 8.30. The van der Waals surface area contributed by atoms with Gasteiger partial charge in [-0.25, -0.2) is 4.79 Å². The van der Waals surface area contributed by atoms with Crippen LogP contribution in [0.3, 0.4) is 0 Å². The summed E-state index contributed by atoms with van der Waals surface area (Å²) in [5, 5.41) is 0. The van der Waals surface area contributed by atoms with Gasteiger partial charge < -0.3 is 18.9 Å². The maximum atomic E-state index is 12.1. The van der Waals surface area contributed by atoms with Crippen LogP contribution in [0.15, 0.2) is 0 Å². The summed E-state index contributed by atoms with van der Waals surface area (Å²) in [6.07, 6.45) is 0.817. The molecule has 0 radical (unpaired) electrons. The van der Waals surface area contributed by atoms with Crippen LogP contribution in [0.25, 0.3) is 0 Å². The van der Waals surface area contributed by atoms with E-state index in [1.165, 1.54) is 19.3 Å². The SMILES string of the molecule is CCC1CCC(OCC2COC(OC(=O)C(F)(F)F)OC2)CC1. The molecular weight excluding hydrogens is 317 g/mol. The average Bonchev–Trinajstić information content (AvgIpc) is 2.54. The predicted octanol–water partition coefficient (Wildman–Crippen LogP) is 3.02. The normalized spacial score (nSPS) is 32.5. The maximum Gasteiger partial charge on any atom is 0.491 e. The fraction of sp³-hybridized carbons (Fsp3) is 0.933. The highest BCUT2D eigenvalue weighted by atomic mass is 19.4. The minimum Gasteiger partial charge on any atom is -0.404 e. The Hall–Kier alpha value is -0.860. The van der Waals surface area contributed by atoms with Gasteiger partial charge in [-0.15, -0.1) is 0 Å². The molecule has 0 spiro atoms. The van der Waals surface area contributed by atoms with E-state index < -0.39 is 18.6 Å². The van der Waals surface area contributed by atoms with E-state index in [2.05, 4.69) is 11.7 Å². The van der Waals surface area contributed by atoms with E-state index in [1.54, 1.807) is 0 Å². The molecule has 1 saturated heterocycles. The average molecular weight is 340 g/mol. The summed E-state index contributed by atoms with van der Waals surface area (Å²) < 4.78 is 56.0. The van der Waals surface area contributed by atoms with Crippen LogP contribution in [0.4, 0.5) is 13.2 Å². The summed E-state index contributed by atoms with van der Waals surface area (Å²) in [5.74, 6) is -1.59. The van der Waals surface area contributed by atoms with Crippen LogP contribution in [-0.4, -0.2) is 44.5 Å². The first-order valence-electron chi connectivity index (χ1n) is 8.01. The van der Waals surface area contributed by atoms with Crippen LogP contribution in [-0.2, 0) is 23.7 Å². The highest BCUT2D eigenvalue weighted by Gasteiger charge is 2.43. The standard InChI is InChI=1S/C15H23F3O5/c1-2-10-3-5-12(6-4-10)20-7-11-8-21-14(22-9-11)23-13(19)15(16,17)18/h10-12,14H,2-9H2,1H3. The van der Waals surface area contributed by atoms with Crippen molar-refractivity contribution in [1.29, 1.82) is 0 Å². The van der Waals surface area contributed by atoms with Crippen molar-refractivity contribution in [2.45, 2.75) is 57.8 Å². The zero-order valence-electron chi connectivity index (χ0n) is 13.1. The van der Waals surface area contributed by atoms with Gasteiger partial charge in [-0.05, 0) is 31.6 Å². The molecule has 5 nitrogen and oxygen atoms in total. The van der Waals surface area contributed by atoms with Gasteiger partial charge in [-0.1, -0.05) is 13.3 Å². The molecule has 2 fully saturated rings. The van der Waals surface area contributed by atoms with Gasteiger partial charge in [0, 0.05) is 5.92 Å². The van der Waals surface area contributed by atoms with Crippen LogP contribution in [0, 0.1) is 11.8 Å². The Bertz CT molecular complexity index is 372. The first-order valence-corrected chi connectivity index (χ1v) is 8.01. The van der Waals surface area contributed by atoms with E-state index in [4.69, 9.17) is 14.2 Å². The number of alkyl halides is 3. The molecule has 0 atom stereocenters. The Labute approximate surface area is 133 Å². The Kier molecular flexibility index (Phi) is 6.67. The van der Waals surface area contributed by atoms with Crippen LogP contribution in [0.2, 0.25) is 0 Å². The van der Waals surface area contributed by atoms with Crippen molar-refractivity contribution in [2.75, 3.05) is 19.8 Å². The summed E-state index contributed by atoms with van der Waals surface area (Å²) in [6, 6.07) is 0. The molecule has 2 rings (SSSR count). The number of hydrogen-bond donors (Lipinski definition) is 0. The molecule has 8 heteroatoms. The van der Waals surface area contributed by atoms with Crippen molar-refractivity contribution in [2.24, 2.45) is 11.8 Å². The van der Waals surface area contributed by atoms with E-state index in [9.17, 15) is 18.0 Å². The molecule has 1 saturated carbocycles. The number of carbonyl (C=O) groups excluding carboxylic acids is 1. The van der Waals surface area contributed by atoms with Crippen LogP contribution >= 0.6 is 0 Å². The van der Waals surface area contributed by atoms with E-state index in [0.29, 0.717) is 6.61 Å². The van der Waals surface area contributed by atoms with Gasteiger partial charge in [0.1, 0.15) is 0 Å². The van der Waals surface area contributed by atoms with Gasteiger partial charge in [-0.2, -0.15) is 13.2 Å². The maximum absolute atomic E-state index is 12.1. The molecule has 0 N–H and O–H groups in total. The largest absolute Gasteiger partial charge is 0.491 e. The van der Waals surface area contributed by atoms with Crippen LogP contribution in [0.5, 0.6) is 0 Å². The molecule has 0 unspecified atom stereocenters. The fourth-order valence-electron chi connectivity index (χ4n) is 2.82. The van der Waals surface area contributed by atoms with Crippen molar-refractivity contribution < 1.29 is 36.9 Å². The number of rotatable bonds is 5. The lowest BCUT2D eigenvalue weighted by Crippen LogP contribution is -2.40. The molecule has 0 bridgehead atoms. The molecule has 1 aliphatic carbocycles. The molecule has 0 aromatic heterocycles. The predicted molar refractivity (Wildman–Crippen MR) is 73.3 cm³/mol. The Morgan fingerprint density at radius 3 is 2.22 bits per heavy atom. The quantitative estimate of drug-likeness (QED) is 0.720. The second-order valence-corrected chi connectivity index (χ2v) is 6.11. The van der Waals surface area contributed by atoms with Crippen molar-refractivity contribution in [1.82, 2.24) is 0 Å². The second-order valence-electron chi connectivity index (χ2n) is 6.11.